The van der Waals surface area contributed by atoms with Crippen molar-refractivity contribution in [2.75, 3.05) is 12.4 Å². The van der Waals surface area contributed by atoms with E-state index in [1.807, 2.05) is 13.0 Å². The lowest BCUT2D eigenvalue weighted by Crippen LogP contribution is -2.30. The van der Waals surface area contributed by atoms with Gasteiger partial charge in [0, 0.05) is 11.7 Å². The van der Waals surface area contributed by atoms with Crippen LogP contribution in [-0.2, 0) is 10.0 Å². The summed E-state index contributed by atoms with van der Waals surface area (Å²) in [5.41, 5.74) is 2.01. The molecule has 1 aliphatic rings. The average molecular weight is 310 g/mol. The molecule has 0 aliphatic heterocycles. The molecule has 1 aromatic rings. The molecule has 2 unspecified atom stereocenters. The minimum Gasteiger partial charge on any atom is -0.382 e. The molecule has 0 amide bonds. The van der Waals surface area contributed by atoms with Gasteiger partial charge in [-0.15, -0.1) is 0 Å². The van der Waals surface area contributed by atoms with Gasteiger partial charge in [-0.25, -0.2) is 13.1 Å². The molecule has 0 aromatic heterocycles. The first kappa shape index (κ1) is 16.3. The Kier molecular flexibility index (Phi) is 4.94. The van der Waals surface area contributed by atoms with Crippen molar-refractivity contribution < 1.29 is 8.42 Å². The zero-order valence-electron chi connectivity index (χ0n) is 13.3. The third kappa shape index (κ3) is 3.98. The summed E-state index contributed by atoms with van der Waals surface area (Å²) in [4.78, 5) is 0.315. The topological polar surface area (TPSA) is 58.2 Å². The van der Waals surface area contributed by atoms with Crippen LogP contribution in [0.25, 0.3) is 0 Å². The molecule has 0 bridgehead atoms. The molecule has 1 aliphatic carbocycles. The van der Waals surface area contributed by atoms with E-state index >= 15 is 0 Å². The van der Waals surface area contributed by atoms with Crippen molar-refractivity contribution in [3.05, 3.63) is 23.8 Å². The molecule has 0 heterocycles. The predicted octanol–water partition coefficient (Wildman–Crippen LogP) is 3.14. The lowest BCUT2D eigenvalue weighted by atomic mass is 9.80. The van der Waals surface area contributed by atoms with Crippen LogP contribution in [0.3, 0.4) is 0 Å². The molecule has 1 aromatic carbocycles. The van der Waals surface area contributed by atoms with Crippen molar-refractivity contribution in [2.45, 2.75) is 51.0 Å². The summed E-state index contributed by atoms with van der Waals surface area (Å²) in [6, 6.07) is 5.68. The number of sulfonamides is 1. The highest BCUT2D eigenvalue weighted by Crippen LogP contribution is 2.31. The molecule has 118 valence electrons. The van der Waals surface area contributed by atoms with Gasteiger partial charge in [0.15, 0.2) is 0 Å². The van der Waals surface area contributed by atoms with Crippen molar-refractivity contribution in [1.29, 1.82) is 0 Å². The summed E-state index contributed by atoms with van der Waals surface area (Å²) in [5, 5.41) is 3.55. The summed E-state index contributed by atoms with van der Waals surface area (Å²) in [6.07, 6.45) is 3.57. The first-order valence-electron chi connectivity index (χ1n) is 7.62. The number of rotatable bonds is 4. The molecule has 4 nitrogen and oxygen atoms in total. The van der Waals surface area contributed by atoms with Crippen LogP contribution in [0.1, 0.15) is 38.7 Å². The lowest BCUT2D eigenvalue weighted by Gasteiger charge is -2.33. The quantitative estimate of drug-likeness (QED) is 0.898. The van der Waals surface area contributed by atoms with Crippen molar-refractivity contribution >= 4 is 15.7 Å². The molecule has 0 radical (unpaired) electrons. The Bertz CT molecular complexity index is 588. The third-order valence-electron chi connectivity index (χ3n) is 4.33. The second-order valence-corrected chi connectivity index (χ2v) is 8.33. The Hall–Kier alpha value is -1.07. The lowest BCUT2D eigenvalue weighted by molar-refractivity contribution is 0.281. The van der Waals surface area contributed by atoms with Gasteiger partial charge in [0.2, 0.25) is 10.0 Å². The zero-order chi connectivity index (χ0) is 15.6. The van der Waals surface area contributed by atoms with Crippen LogP contribution in [0.15, 0.2) is 23.1 Å². The Morgan fingerprint density at radius 3 is 2.29 bits per heavy atom. The normalized spacial score (nSPS) is 26.6. The van der Waals surface area contributed by atoms with Crippen molar-refractivity contribution in [1.82, 2.24) is 4.72 Å². The third-order valence-corrected chi connectivity index (χ3v) is 5.74. The first-order chi connectivity index (χ1) is 9.81. The molecule has 1 fully saturated rings. The van der Waals surface area contributed by atoms with E-state index in [1.165, 1.54) is 13.5 Å². The van der Waals surface area contributed by atoms with E-state index in [0.717, 1.165) is 35.9 Å². The molecular weight excluding hydrogens is 284 g/mol. The summed E-state index contributed by atoms with van der Waals surface area (Å²) < 4.78 is 26.2. The molecular formula is C16H26N2O2S. The molecule has 21 heavy (non-hydrogen) atoms. The molecule has 2 atom stereocenters. The minimum absolute atomic E-state index is 0.315. The van der Waals surface area contributed by atoms with Gasteiger partial charge in [-0.3, -0.25) is 0 Å². The van der Waals surface area contributed by atoms with E-state index in [2.05, 4.69) is 23.9 Å². The second-order valence-electron chi connectivity index (χ2n) is 6.44. The summed E-state index contributed by atoms with van der Waals surface area (Å²) in [7, 11) is -1.95. The van der Waals surface area contributed by atoms with Gasteiger partial charge in [0.1, 0.15) is 0 Å². The van der Waals surface area contributed by atoms with Crippen LogP contribution in [0, 0.1) is 18.8 Å². The molecule has 2 N–H and O–H groups in total. The maximum Gasteiger partial charge on any atom is 0.240 e. The van der Waals surface area contributed by atoms with Crippen LogP contribution in [0.2, 0.25) is 0 Å². The standard InChI is InChI=1S/C16H26N2O2S/c1-11-7-12(2)9-14(8-11)18-16-10-15(6-5-13(16)3)21(19,20)17-4/h5-6,10-12,14,17-18H,7-9H2,1-4H3. The molecule has 2 rings (SSSR count). The molecule has 0 saturated heterocycles. The maximum atomic E-state index is 11.9. The van der Waals surface area contributed by atoms with Crippen LogP contribution >= 0.6 is 0 Å². The van der Waals surface area contributed by atoms with Gasteiger partial charge < -0.3 is 5.32 Å². The SMILES string of the molecule is CNS(=O)(=O)c1ccc(C)c(NC2CC(C)CC(C)C2)c1. The van der Waals surface area contributed by atoms with Crippen LogP contribution < -0.4 is 10.0 Å². The van der Waals surface area contributed by atoms with E-state index in [1.54, 1.807) is 12.1 Å². The molecule has 1 saturated carbocycles. The monoisotopic (exact) mass is 310 g/mol. The van der Waals surface area contributed by atoms with Crippen molar-refractivity contribution in [3.8, 4) is 0 Å². The fraction of sp³-hybridized carbons (Fsp3) is 0.625. The smallest absolute Gasteiger partial charge is 0.240 e. The number of anilines is 1. The van der Waals surface area contributed by atoms with Gasteiger partial charge in [-0.2, -0.15) is 0 Å². The van der Waals surface area contributed by atoms with E-state index < -0.39 is 10.0 Å². The second kappa shape index (κ2) is 6.36. The average Bonchev–Trinajstić information content (AvgIpc) is 2.40. The predicted molar refractivity (Wildman–Crippen MR) is 87.0 cm³/mol. The van der Waals surface area contributed by atoms with Gasteiger partial charge >= 0.3 is 0 Å². The van der Waals surface area contributed by atoms with Crippen LogP contribution in [-0.4, -0.2) is 21.5 Å². The summed E-state index contributed by atoms with van der Waals surface area (Å²) >= 11 is 0. The van der Waals surface area contributed by atoms with Crippen LogP contribution in [0.5, 0.6) is 0 Å². The van der Waals surface area contributed by atoms with E-state index in [-0.39, 0.29) is 0 Å². The minimum atomic E-state index is -3.39. The number of aryl methyl sites for hydroxylation is 1. The van der Waals surface area contributed by atoms with Crippen molar-refractivity contribution in [3.63, 3.8) is 0 Å². The Balaban J connectivity index is 2.21. The van der Waals surface area contributed by atoms with Crippen molar-refractivity contribution in [2.24, 2.45) is 11.8 Å². The van der Waals surface area contributed by atoms with E-state index in [9.17, 15) is 8.42 Å². The highest BCUT2D eigenvalue weighted by Gasteiger charge is 2.24. The van der Waals surface area contributed by atoms with Gasteiger partial charge in [-0.1, -0.05) is 19.9 Å². The maximum absolute atomic E-state index is 11.9. The Labute approximate surface area is 128 Å². The largest absolute Gasteiger partial charge is 0.382 e. The number of hydrogen-bond acceptors (Lipinski definition) is 3. The fourth-order valence-corrected chi connectivity index (χ4v) is 4.08. The molecule has 0 spiro atoms. The Morgan fingerprint density at radius 2 is 1.71 bits per heavy atom. The number of hydrogen-bond donors (Lipinski definition) is 2. The van der Waals surface area contributed by atoms with Gasteiger partial charge in [0.05, 0.1) is 4.90 Å². The summed E-state index contributed by atoms with van der Waals surface area (Å²) in [5.74, 6) is 1.44. The highest BCUT2D eigenvalue weighted by molar-refractivity contribution is 7.89. The fourth-order valence-electron chi connectivity index (χ4n) is 3.33. The van der Waals surface area contributed by atoms with Crippen LogP contribution in [0.4, 0.5) is 5.69 Å². The Morgan fingerprint density at radius 1 is 1.10 bits per heavy atom. The van der Waals surface area contributed by atoms with Gasteiger partial charge in [-0.05, 0) is 62.8 Å². The number of benzene rings is 1. The molecule has 5 heteroatoms. The van der Waals surface area contributed by atoms with Gasteiger partial charge in [0.25, 0.3) is 0 Å². The highest BCUT2D eigenvalue weighted by atomic mass is 32.2. The first-order valence-corrected chi connectivity index (χ1v) is 9.11. The van der Waals surface area contributed by atoms with E-state index in [4.69, 9.17) is 0 Å². The zero-order valence-corrected chi connectivity index (χ0v) is 14.1. The number of nitrogens with one attached hydrogen (secondary N) is 2. The van der Waals surface area contributed by atoms with E-state index in [0.29, 0.717) is 10.9 Å². The summed E-state index contributed by atoms with van der Waals surface area (Å²) in [6.45, 7) is 6.59.